The molecule has 0 N–H and O–H groups in total. The average molecular weight is 245 g/mol. The Bertz CT molecular complexity index is 21.6. The van der Waals surface area contributed by atoms with Gasteiger partial charge in [0.1, 0.15) is 0 Å². The van der Waals surface area contributed by atoms with Crippen molar-refractivity contribution >= 4 is 6.47 Å². The van der Waals surface area contributed by atoms with Crippen molar-refractivity contribution in [1.29, 1.82) is 0 Å². The standard InChI is InChI=1S/C2H3O2.Re/c1-4-2-3;/h1H3;/q-1;. The van der Waals surface area contributed by atoms with Crippen LogP contribution in [0.4, 0.5) is 0 Å². The molecule has 0 heterocycles. The summed E-state index contributed by atoms with van der Waals surface area (Å²) in [7, 11) is 1.26. The fraction of sp³-hybridized carbons (Fsp3) is 0.500. The van der Waals surface area contributed by atoms with Gasteiger partial charge in [0.15, 0.2) is 0 Å². The molecule has 5 heavy (non-hydrogen) atoms. The maximum atomic E-state index is 8.83. The molecule has 1 radical (unpaired) electrons. The third kappa shape index (κ3) is 14.7. The molecule has 0 unspecified atom stereocenters. The molecule has 0 rings (SSSR count). The summed E-state index contributed by atoms with van der Waals surface area (Å²) in [4.78, 5) is 8.83. The van der Waals surface area contributed by atoms with Gasteiger partial charge in [0.05, 0.1) is 0 Å². The first-order chi connectivity index (χ1) is 1.91. The predicted octanol–water partition coefficient (Wildman–Crippen LogP) is -0.302. The third-order valence-electron chi connectivity index (χ3n) is 0.0833. The predicted molar refractivity (Wildman–Crippen MR) is 12.7 cm³/mol. The van der Waals surface area contributed by atoms with E-state index in [2.05, 4.69) is 4.74 Å². The Morgan fingerprint density at radius 3 is 2.00 bits per heavy atom. The molecule has 0 aliphatic heterocycles. The van der Waals surface area contributed by atoms with Gasteiger partial charge >= 0.3 is 0 Å². The van der Waals surface area contributed by atoms with Crippen molar-refractivity contribution in [3.8, 4) is 0 Å². The zero-order chi connectivity index (χ0) is 3.41. The molecule has 0 aromatic rings. The van der Waals surface area contributed by atoms with Gasteiger partial charge in [0.25, 0.3) is 0 Å². The summed E-state index contributed by atoms with van der Waals surface area (Å²) in [6.07, 6.45) is 0. The van der Waals surface area contributed by atoms with E-state index < -0.39 is 0 Å². The van der Waals surface area contributed by atoms with Crippen molar-refractivity contribution < 1.29 is 30.0 Å². The average Bonchev–Trinajstić information content (AvgIpc) is 1.37. The number of hydrogen-bond acceptors (Lipinski definition) is 2. The van der Waals surface area contributed by atoms with Gasteiger partial charge in [-0.25, -0.2) is 0 Å². The molecule has 3 heteroatoms. The second-order valence-electron chi connectivity index (χ2n) is 0.287. The number of rotatable bonds is 1. The maximum absolute atomic E-state index is 8.83. The second-order valence-corrected chi connectivity index (χ2v) is 0.287. The summed E-state index contributed by atoms with van der Waals surface area (Å²) in [6, 6.07) is 0. The molecule has 0 amide bonds. The molecular formula is C2H3O2Re-. The molecule has 0 saturated heterocycles. The Morgan fingerprint density at radius 2 is 2.00 bits per heavy atom. The summed E-state index contributed by atoms with van der Waals surface area (Å²) in [6.45, 7) is 1.18. The first-order valence-corrected chi connectivity index (χ1v) is 0.816. The van der Waals surface area contributed by atoms with Gasteiger partial charge in [-0.3, -0.25) is 0 Å². The van der Waals surface area contributed by atoms with Crippen LogP contribution in [0.3, 0.4) is 0 Å². The molecule has 0 fully saturated rings. The minimum Gasteiger partial charge on any atom is -0.655 e. The fourth-order valence-corrected chi connectivity index (χ4v) is 0. The van der Waals surface area contributed by atoms with Crippen molar-refractivity contribution in [2.45, 2.75) is 0 Å². The topological polar surface area (TPSA) is 26.3 Å². The van der Waals surface area contributed by atoms with Crippen molar-refractivity contribution in [2.75, 3.05) is 7.11 Å². The normalized spacial score (nSPS) is 4.20. The van der Waals surface area contributed by atoms with Gasteiger partial charge in [0, 0.05) is 27.5 Å². The monoisotopic (exact) mass is 246 g/mol. The minimum atomic E-state index is 0. The van der Waals surface area contributed by atoms with E-state index >= 15 is 0 Å². The van der Waals surface area contributed by atoms with E-state index in [0.717, 1.165) is 0 Å². The molecule has 31 valence electrons. The zero-order valence-electron chi connectivity index (χ0n) is 2.69. The summed E-state index contributed by atoms with van der Waals surface area (Å²) in [5, 5.41) is 0. The summed E-state index contributed by atoms with van der Waals surface area (Å²) >= 11 is 0. The second kappa shape index (κ2) is 8.92. The van der Waals surface area contributed by atoms with Gasteiger partial charge in [-0.05, 0) is 0 Å². The largest absolute Gasteiger partial charge is 0.655 e. The molecule has 0 spiro atoms. The Kier molecular flexibility index (Phi) is 15.9. The van der Waals surface area contributed by atoms with Gasteiger partial charge in [-0.15, -0.1) is 0 Å². The van der Waals surface area contributed by atoms with Gasteiger partial charge in [0.2, 0.25) is 0 Å². The smallest absolute Gasteiger partial charge is 0.0362 e. The van der Waals surface area contributed by atoms with Crippen LogP contribution in [-0.4, -0.2) is 13.6 Å². The van der Waals surface area contributed by atoms with Crippen LogP contribution in [0.1, 0.15) is 0 Å². The zero-order valence-corrected chi connectivity index (χ0v) is 5.41. The molecular weight excluding hydrogens is 242 g/mol. The molecule has 0 aliphatic rings. The van der Waals surface area contributed by atoms with Crippen LogP contribution < -0.4 is 0 Å². The number of methoxy groups -OCH3 is 1. The molecule has 0 aromatic carbocycles. The van der Waals surface area contributed by atoms with Crippen molar-refractivity contribution in [2.24, 2.45) is 0 Å². The van der Waals surface area contributed by atoms with E-state index in [4.69, 9.17) is 4.79 Å². The van der Waals surface area contributed by atoms with E-state index in [9.17, 15) is 0 Å². The minimum absolute atomic E-state index is 0. The Hall–Kier alpha value is 0.132. The van der Waals surface area contributed by atoms with Crippen molar-refractivity contribution in [3.05, 3.63) is 0 Å². The van der Waals surface area contributed by atoms with Crippen LogP contribution in [-0.2, 0) is 30.0 Å². The Morgan fingerprint density at radius 1 is 1.80 bits per heavy atom. The third-order valence-corrected chi connectivity index (χ3v) is 0.0833. The first kappa shape index (κ1) is 8.93. The molecule has 0 bridgehead atoms. The van der Waals surface area contributed by atoms with E-state index in [0.29, 0.717) is 0 Å². The van der Waals surface area contributed by atoms with E-state index in [1.807, 2.05) is 0 Å². The molecule has 0 atom stereocenters. The summed E-state index contributed by atoms with van der Waals surface area (Å²) < 4.78 is 3.74. The fourth-order valence-electron chi connectivity index (χ4n) is 0. The van der Waals surface area contributed by atoms with Crippen molar-refractivity contribution in [1.82, 2.24) is 0 Å². The number of carbonyl (C=O) groups excluding carboxylic acids is 1. The van der Waals surface area contributed by atoms with Crippen LogP contribution in [0.25, 0.3) is 0 Å². The quantitative estimate of drug-likeness (QED) is 0.593. The Labute approximate surface area is 44.2 Å². The van der Waals surface area contributed by atoms with Crippen LogP contribution in [0.5, 0.6) is 0 Å². The van der Waals surface area contributed by atoms with Crippen LogP contribution in [0.2, 0.25) is 0 Å². The first-order valence-electron chi connectivity index (χ1n) is 0.816. The Balaban J connectivity index is 0. The van der Waals surface area contributed by atoms with Crippen LogP contribution in [0.15, 0.2) is 0 Å². The van der Waals surface area contributed by atoms with Gasteiger partial charge in [-0.2, -0.15) is 0 Å². The van der Waals surface area contributed by atoms with Gasteiger partial charge in [-0.1, -0.05) is 6.47 Å². The number of hydrogen-bond donors (Lipinski definition) is 0. The maximum Gasteiger partial charge on any atom is 0.0362 e. The number of ether oxygens (including phenoxy) is 1. The summed E-state index contributed by atoms with van der Waals surface area (Å²) in [5.74, 6) is 0. The van der Waals surface area contributed by atoms with Gasteiger partial charge < -0.3 is 9.53 Å². The van der Waals surface area contributed by atoms with Crippen LogP contribution in [0, 0.1) is 0 Å². The molecule has 2 nitrogen and oxygen atoms in total. The molecule has 0 aromatic heterocycles. The molecule has 0 saturated carbocycles. The van der Waals surface area contributed by atoms with E-state index in [-0.39, 0.29) is 20.4 Å². The van der Waals surface area contributed by atoms with Crippen LogP contribution >= 0.6 is 0 Å². The van der Waals surface area contributed by atoms with E-state index in [1.54, 1.807) is 0 Å². The SMILES string of the molecule is CO[C-]=O.[Re]. The van der Waals surface area contributed by atoms with E-state index in [1.165, 1.54) is 13.6 Å². The molecule has 0 aliphatic carbocycles. The summed E-state index contributed by atoms with van der Waals surface area (Å²) in [5.41, 5.74) is 0. The van der Waals surface area contributed by atoms with Crippen molar-refractivity contribution in [3.63, 3.8) is 0 Å².